The molecule has 0 bridgehead atoms. The zero-order valence-corrected chi connectivity index (χ0v) is 23.2. The number of sulfone groups is 1. The number of rotatable bonds is 7. The number of amides is 2. The Balaban J connectivity index is 1.39. The van der Waals surface area contributed by atoms with Gasteiger partial charge >= 0.3 is 5.97 Å². The molecule has 13 heteroatoms. The van der Waals surface area contributed by atoms with E-state index >= 15 is 0 Å². The van der Waals surface area contributed by atoms with Gasteiger partial charge in [-0.2, -0.15) is 0 Å². The number of nitrogens with zero attached hydrogens (tertiary/aromatic N) is 2. The van der Waals surface area contributed by atoms with Crippen molar-refractivity contribution in [2.45, 2.75) is 24.0 Å². The standard InChI is InChI=1S/C27H21Cl2N3O7S/c1-40(37,38)22-7-6-16(39-22)11-20(27(35)36)31-25(33)23-18(28)12-21-17(24(23)29)8-9-32(21)26(34)19-10-14-4-2-3-5-15(14)13-30-19/h2-7,10,12-13,20H,8-9,11H2,1H3,(H,31,33)(H,35,36)/t20-/m0/s1. The largest absolute Gasteiger partial charge is 0.480 e. The monoisotopic (exact) mass is 601 g/mol. The quantitative estimate of drug-likeness (QED) is 0.321. The first-order valence-corrected chi connectivity index (χ1v) is 14.6. The van der Waals surface area contributed by atoms with E-state index < -0.39 is 27.8 Å². The van der Waals surface area contributed by atoms with Crippen molar-refractivity contribution in [2.75, 3.05) is 17.7 Å². The van der Waals surface area contributed by atoms with Crippen LogP contribution in [0.5, 0.6) is 0 Å². The van der Waals surface area contributed by atoms with E-state index in [-0.39, 0.29) is 51.0 Å². The molecule has 1 aliphatic rings. The first kappa shape index (κ1) is 27.6. The van der Waals surface area contributed by atoms with Gasteiger partial charge in [-0.3, -0.25) is 14.6 Å². The highest BCUT2D eigenvalue weighted by Gasteiger charge is 2.33. The lowest BCUT2D eigenvalue weighted by Crippen LogP contribution is -2.42. The number of aromatic nitrogens is 1. The Hall–Kier alpha value is -3.93. The molecule has 0 fully saturated rings. The molecule has 0 spiro atoms. The molecule has 4 aromatic rings. The number of furan rings is 1. The number of nitrogens with one attached hydrogen (secondary N) is 1. The van der Waals surface area contributed by atoms with Crippen LogP contribution in [0.3, 0.4) is 0 Å². The minimum Gasteiger partial charge on any atom is -0.480 e. The van der Waals surface area contributed by atoms with Gasteiger partial charge in [-0.05, 0) is 41.6 Å². The van der Waals surface area contributed by atoms with E-state index in [0.717, 1.165) is 17.0 Å². The Morgan fingerprint density at radius 2 is 1.85 bits per heavy atom. The molecule has 0 radical (unpaired) electrons. The second-order valence-electron chi connectivity index (χ2n) is 9.23. The highest BCUT2D eigenvalue weighted by atomic mass is 35.5. The van der Waals surface area contributed by atoms with Crippen LogP contribution in [0.15, 0.2) is 64.2 Å². The number of benzene rings is 2. The topological polar surface area (TPSA) is 147 Å². The number of carbonyl (C=O) groups excluding carboxylic acids is 2. The predicted molar refractivity (Wildman–Crippen MR) is 148 cm³/mol. The number of pyridine rings is 1. The number of hydrogen-bond acceptors (Lipinski definition) is 7. The highest BCUT2D eigenvalue weighted by molar-refractivity contribution is 7.90. The third-order valence-electron chi connectivity index (χ3n) is 6.51. The summed E-state index contributed by atoms with van der Waals surface area (Å²) < 4.78 is 28.5. The number of carbonyl (C=O) groups is 3. The molecule has 5 rings (SSSR count). The summed E-state index contributed by atoms with van der Waals surface area (Å²) in [5, 5.41) is 13.4. The molecule has 0 saturated carbocycles. The maximum Gasteiger partial charge on any atom is 0.326 e. The number of anilines is 1. The van der Waals surface area contributed by atoms with Gasteiger partial charge in [-0.25, -0.2) is 13.2 Å². The van der Waals surface area contributed by atoms with Gasteiger partial charge < -0.3 is 19.7 Å². The second kappa shape index (κ2) is 10.6. The third kappa shape index (κ3) is 5.27. The molecular formula is C27H21Cl2N3O7S. The van der Waals surface area contributed by atoms with Gasteiger partial charge in [0.2, 0.25) is 14.9 Å². The Morgan fingerprint density at radius 3 is 2.52 bits per heavy atom. The molecule has 3 heterocycles. The molecule has 0 unspecified atom stereocenters. The van der Waals surface area contributed by atoms with Crippen LogP contribution in [0.2, 0.25) is 10.0 Å². The summed E-state index contributed by atoms with van der Waals surface area (Å²) in [5.74, 6) is -2.53. The van der Waals surface area contributed by atoms with Crippen LogP contribution in [0.1, 0.15) is 32.2 Å². The van der Waals surface area contributed by atoms with E-state index in [0.29, 0.717) is 17.7 Å². The maximum absolute atomic E-state index is 13.3. The molecule has 1 atom stereocenters. The number of aliphatic carboxylic acids is 1. The highest BCUT2D eigenvalue weighted by Crippen LogP contribution is 2.40. The predicted octanol–water partition coefficient (Wildman–Crippen LogP) is 4.17. The van der Waals surface area contributed by atoms with Gasteiger partial charge in [-0.15, -0.1) is 0 Å². The van der Waals surface area contributed by atoms with Gasteiger partial charge in [-0.1, -0.05) is 47.5 Å². The van der Waals surface area contributed by atoms with Gasteiger partial charge in [0.15, 0.2) is 0 Å². The fraction of sp³-hybridized carbons (Fsp3) is 0.185. The molecule has 10 nitrogen and oxygen atoms in total. The minimum absolute atomic E-state index is 0.00303. The molecule has 2 amide bonds. The average molecular weight is 602 g/mol. The molecule has 206 valence electrons. The summed E-state index contributed by atoms with van der Waals surface area (Å²) in [5.41, 5.74) is 1.05. The van der Waals surface area contributed by atoms with Crippen LogP contribution >= 0.6 is 23.2 Å². The van der Waals surface area contributed by atoms with Crippen molar-refractivity contribution in [3.8, 4) is 0 Å². The van der Waals surface area contributed by atoms with Gasteiger partial charge in [0.1, 0.15) is 17.5 Å². The van der Waals surface area contributed by atoms with Crippen LogP contribution in [0.4, 0.5) is 5.69 Å². The number of carboxylic acids is 1. The van der Waals surface area contributed by atoms with Crippen LogP contribution in [-0.2, 0) is 27.5 Å². The van der Waals surface area contributed by atoms with Crippen molar-refractivity contribution >= 4 is 67.3 Å². The van der Waals surface area contributed by atoms with Crippen LogP contribution in [-0.4, -0.2) is 55.1 Å². The number of fused-ring (bicyclic) bond motifs is 2. The number of carboxylic acid groups (broad SMARTS) is 1. The molecule has 40 heavy (non-hydrogen) atoms. The van der Waals surface area contributed by atoms with Crippen LogP contribution in [0.25, 0.3) is 10.8 Å². The molecule has 1 aliphatic heterocycles. The Labute approximate surface area is 238 Å². The van der Waals surface area contributed by atoms with E-state index in [1.54, 1.807) is 12.3 Å². The van der Waals surface area contributed by atoms with E-state index in [2.05, 4.69) is 10.3 Å². The van der Waals surface area contributed by atoms with Gasteiger partial charge in [0.05, 0.1) is 21.3 Å². The van der Waals surface area contributed by atoms with E-state index in [1.165, 1.54) is 23.1 Å². The molecule has 0 saturated heterocycles. The van der Waals surface area contributed by atoms with Gasteiger partial charge in [0.25, 0.3) is 11.8 Å². The Bertz CT molecular complexity index is 1800. The third-order valence-corrected chi connectivity index (χ3v) is 8.17. The smallest absolute Gasteiger partial charge is 0.326 e. The summed E-state index contributed by atoms with van der Waals surface area (Å²) >= 11 is 13.0. The molecule has 2 aromatic carbocycles. The summed E-state index contributed by atoms with van der Waals surface area (Å²) in [6.07, 6.45) is 2.60. The van der Waals surface area contributed by atoms with Crippen molar-refractivity contribution in [3.05, 3.63) is 87.4 Å². The van der Waals surface area contributed by atoms with Gasteiger partial charge in [0, 0.05) is 30.8 Å². The van der Waals surface area contributed by atoms with Crippen molar-refractivity contribution in [2.24, 2.45) is 0 Å². The van der Waals surface area contributed by atoms with E-state index in [1.807, 2.05) is 24.3 Å². The summed E-state index contributed by atoms with van der Waals surface area (Å²) in [4.78, 5) is 44.2. The van der Waals surface area contributed by atoms with Crippen molar-refractivity contribution in [1.82, 2.24) is 10.3 Å². The summed E-state index contributed by atoms with van der Waals surface area (Å²) in [7, 11) is -3.63. The fourth-order valence-corrected chi connectivity index (χ4v) is 5.81. The zero-order chi connectivity index (χ0) is 28.8. The fourth-order valence-electron chi connectivity index (χ4n) is 4.53. The van der Waals surface area contributed by atoms with Crippen LogP contribution < -0.4 is 10.2 Å². The average Bonchev–Trinajstić information content (AvgIpc) is 3.55. The molecular weight excluding hydrogens is 581 g/mol. The molecule has 2 aromatic heterocycles. The second-order valence-corrected chi connectivity index (χ2v) is 12.0. The maximum atomic E-state index is 13.3. The lowest BCUT2D eigenvalue weighted by atomic mass is 10.1. The number of halogens is 2. The normalized spacial score (nSPS) is 13.7. The van der Waals surface area contributed by atoms with E-state index in [4.69, 9.17) is 27.6 Å². The van der Waals surface area contributed by atoms with Crippen molar-refractivity contribution in [3.63, 3.8) is 0 Å². The van der Waals surface area contributed by atoms with E-state index in [9.17, 15) is 27.9 Å². The lowest BCUT2D eigenvalue weighted by molar-refractivity contribution is -0.139. The van der Waals surface area contributed by atoms with Crippen molar-refractivity contribution < 1.29 is 32.3 Å². The summed E-state index contributed by atoms with van der Waals surface area (Å²) in [6, 6.07) is 11.7. The Morgan fingerprint density at radius 1 is 1.12 bits per heavy atom. The minimum atomic E-state index is -3.63. The number of hydrogen-bond donors (Lipinski definition) is 2. The van der Waals surface area contributed by atoms with Crippen LogP contribution in [0, 0.1) is 0 Å². The first-order chi connectivity index (χ1) is 18.9. The molecule has 0 aliphatic carbocycles. The Kier molecular flexibility index (Phi) is 7.30. The first-order valence-electron chi connectivity index (χ1n) is 11.9. The lowest BCUT2D eigenvalue weighted by Gasteiger charge is -2.19. The molecule has 2 N–H and O–H groups in total. The SMILES string of the molecule is CS(=O)(=O)c1ccc(C[C@H](NC(=O)c2c(Cl)cc3c(c2Cl)CCN3C(=O)c2cc3ccccc3cn2)C(=O)O)o1. The summed E-state index contributed by atoms with van der Waals surface area (Å²) in [6.45, 7) is 0.280. The van der Waals surface area contributed by atoms with Crippen molar-refractivity contribution in [1.29, 1.82) is 0 Å². The zero-order valence-electron chi connectivity index (χ0n) is 20.9.